The molecule has 0 aliphatic carbocycles. The number of hydrogen-bond acceptors (Lipinski definition) is 5. The van der Waals surface area contributed by atoms with Crippen molar-refractivity contribution in [3.8, 4) is 6.07 Å². The quantitative estimate of drug-likeness (QED) is 0.732. The smallest absolute Gasteiger partial charge is 0.230 e. The van der Waals surface area contributed by atoms with Crippen molar-refractivity contribution in [2.75, 3.05) is 18.4 Å². The number of rotatable bonds is 2. The number of fused-ring (bicyclic) bond motifs is 1. The number of nitrogens with one attached hydrogen (secondary N) is 3. The zero-order valence-corrected chi connectivity index (χ0v) is 11.6. The highest BCUT2D eigenvalue weighted by Crippen LogP contribution is 2.35. The van der Waals surface area contributed by atoms with Crippen LogP contribution in [0.25, 0.3) is 0 Å². The molecule has 0 aromatic carbocycles. The van der Waals surface area contributed by atoms with Crippen LogP contribution in [-0.2, 0) is 22.6 Å². The van der Waals surface area contributed by atoms with Crippen molar-refractivity contribution >= 4 is 28.2 Å². The first-order valence-electron chi connectivity index (χ1n) is 6.52. The van der Waals surface area contributed by atoms with E-state index >= 15 is 0 Å². The van der Waals surface area contributed by atoms with Gasteiger partial charge in [-0.15, -0.1) is 11.3 Å². The van der Waals surface area contributed by atoms with Crippen molar-refractivity contribution in [3.63, 3.8) is 0 Å². The molecule has 1 fully saturated rings. The van der Waals surface area contributed by atoms with E-state index in [0.717, 1.165) is 30.0 Å². The molecule has 0 bridgehead atoms. The van der Waals surface area contributed by atoms with Crippen LogP contribution >= 0.6 is 11.3 Å². The summed E-state index contributed by atoms with van der Waals surface area (Å²) in [5.74, 6) is -0.627. The van der Waals surface area contributed by atoms with Crippen LogP contribution in [0.1, 0.15) is 22.4 Å². The molecule has 6 nitrogen and oxygen atoms in total. The van der Waals surface area contributed by atoms with Crippen molar-refractivity contribution in [1.29, 1.82) is 5.26 Å². The molecule has 3 N–H and O–H groups in total. The van der Waals surface area contributed by atoms with Crippen LogP contribution in [0.15, 0.2) is 0 Å². The average Bonchev–Trinajstić information content (AvgIpc) is 3.01. The van der Waals surface area contributed by atoms with E-state index in [-0.39, 0.29) is 24.2 Å². The van der Waals surface area contributed by atoms with Gasteiger partial charge in [0.15, 0.2) is 0 Å². The highest BCUT2D eigenvalue weighted by Gasteiger charge is 2.29. The summed E-state index contributed by atoms with van der Waals surface area (Å²) in [4.78, 5) is 24.4. The molecule has 2 aliphatic rings. The van der Waals surface area contributed by atoms with Gasteiger partial charge in [-0.25, -0.2) is 0 Å². The summed E-state index contributed by atoms with van der Waals surface area (Å²) < 4.78 is 0. The largest absolute Gasteiger partial charge is 0.355 e. The van der Waals surface area contributed by atoms with Crippen LogP contribution in [0.3, 0.4) is 0 Å². The van der Waals surface area contributed by atoms with E-state index in [1.165, 1.54) is 11.3 Å². The van der Waals surface area contributed by atoms with Crippen LogP contribution in [-0.4, -0.2) is 24.9 Å². The predicted molar refractivity (Wildman–Crippen MR) is 74.2 cm³/mol. The van der Waals surface area contributed by atoms with E-state index in [1.54, 1.807) is 0 Å². The van der Waals surface area contributed by atoms with Gasteiger partial charge in [0.1, 0.15) is 11.1 Å². The second-order valence-corrected chi connectivity index (χ2v) is 6.05. The van der Waals surface area contributed by atoms with Crippen LogP contribution in [0.5, 0.6) is 0 Å². The number of hydrogen-bond donors (Lipinski definition) is 3. The molecule has 20 heavy (non-hydrogen) atoms. The van der Waals surface area contributed by atoms with Gasteiger partial charge in [-0.1, -0.05) is 0 Å². The van der Waals surface area contributed by atoms with Crippen LogP contribution in [0.2, 0.25) is 0 Å². The molecule has 3 rings (SSSR count). The van der Waals surface area contributed by atoms with E-state index in [0.29, 0.717) is 17.1 Å². The molecule has 0 spiro atoms. The van der Waals surface area contributed by atoms with Crippen molar-refractivity contribution < 1.29 is 9.59 Å². The Morgan fingerprint density at radius 2 is 2.35 bits per heavy atom. The van der Waals surface area contributed by atoms with Gasteiger partial charge < -0.3 is 16.0 Å². The third-order valence-electron chi connectivity index (χ3n) is 3.62. The molecular weight excluding hydrogens is 276 g/mol. The molecule has 1 aromatic heterocycles. The fourth-order valence-corrected chi connectivity index (χ4v) is 3.72. The fraction of sp³-hybridized carbons (Fsp3) is 0.462. The summed E-state index contributed by atoms with van der Waals surface area (Å²) >= 11 is 1.45. The lowest BCUT2D eigenvalue weighted by Crippen LogP contribution is -2.24. The summed E-state index contributed by atoms with van der Waals surface area (Å²) in [6.45, 7) is 1.97. The molecule has 0 radical (unpaired) electrons. The number of nitriles is 1. The lowest BCUT2D eigenvalue weighted by Gasteiger charge is -2.11. The molecule has 104 valence electrons. The number of anilines is 1. The van der Waals surface area contributed by atoms with Gasteiger partial charge in [-0.05, 0) is 18.5 Å². The minimum atomic E-state index is -0.341. The van der Waals surface area contributed by atoms with E-state index in [9.17, 15) is 14.9 Å². The Balaban J connectivity index is 1.80. The number of thiophene rings is 1. The third kappa shape index (κ3) is 2.28. The highest BCUT2D eigenvalue weighted by molar-refractivity contribution is 7.16. The number of carbonyl (C=O) groups is 2. The van der Waals surface area contributed by atoms with Crippen molar-refractivity contribution in [1.82, 2.24) is 10.6 Å². The van der Waals surface area contributed by atoms with Gasteiger partial charge >= 0.3 is 0 Å². The third-order valence-corrected chi connectivity index (χ3v) is 4.77. The van der Waals surface area contributed by atoms with Gasteiger partial charge in [0.25, 0.3) is 0 Å². The Labute approximate surface area is 120 Å². The van der Waals surface area contributed by atoms with E-state index in [2.05, 4.69) is 22.0 Å². The molecule has 0 saturated carbocycles. The fourth-order valence-electron chi connectivity index (χ4n) is 2.55. The summed E-state index contributed by atoms with van der Waals surface area (Å²) in [5, 5.41) is 18.6. The topological polar surface area (TPSA) is 94.0 Å². The Hall–Kier alpha value is -1.91. The number of carbonyl (C=O) groups excluding carboxylic acids is 2. The molecule has 1 unspecified atom stereocenters. The van der Waals surface area contributed by atoms with Crippen LogP contribution in [0.4, 0.5) is 5.00 Å². The summed E-state index contributed by atoms with van der Waals surface area (Å²) in [7, 11) is 0. The molecule has 1 aromatic rings. The molecule has 2 aliphatic heterocycles. The molecular formula is C13H14N4O2S. The second-order valence-electron chi connectivity index (χ2n) is 4.94. The van der Waals surface area contributed by atoms with Gasteiger partial charge in [0, 0.05) is 24.4 Å². The molecule has 2 amide bonds. The van der Waals surface area contributed by atoms with Crippen LogP contribution in [0, 0.1) is 17.2 Å². The molecule has 3 heterocycles. The number of amides is 2. The highest BCUT2D eigenvalue weighted by atomic mass is 32.1. The summed E-state index contributed by atoms with van der Waals surface area (Å²) in [6, 6.07) is 2.19. The second kappa shape index (κ2) is 5.23. The zero-order valence-electron chi connectivity index (χ0n) is 10.8. The minimum absolute atomic E-state index is 0.0969. The first-order chi connectivity index (χ1) is 9.69. The van der Waals surface area contributed by atoms with Gasteiger partial charge in [0.05, 0.1) is 11.5 Å². The lowest BCUT2D eigenvalue weighted by atomic mass is 10.0. The zero-order chi connectivity index (χ0) is 14.1. The Bertz CT molecular complexity index is 617. The van der Waals surface area contributed by atoms with Gasteiger partial charge in [0.2, 0.25) is 11.8 Å². The number of nitrogens with zero attached hydrogens (tertiary/aromatic N) is 1. The van der Waals surface area contributed by atoms with Crippen molar-refractivity contribution in [2.45, 2.75) is 19.4 Å². The van der Waals surface area contributed by atoms with Crippen molar-refractivity contribution in [3.05, 3.63) is 16.0 Å². The Kier molecular flexibility index (Phi) is 3.42. The standard InChI is InChI=1S/C13H14N4O2S/c14-4-9-8-1-2-15-6-10(8)20-13(9)17-12(19)7-3-11(18)16-5-7/h7,15H,1-3,5-6H2,(H,16,18)(H,17,19). The van der Waals surface area contributed by atoms with Gasteiger partial charge in [-0.2, -0.15) is 5.26 Å². The Morgan fingerprint density at radius 1 is 1.50 bits per heavy atom. The van der Waals surface area contributed by atoms with E-state index < -0.39 is 0 Å². The molecule has 1 saturated heterocycles. The van der Waals surface area contributed by atoms with E-state index in [4.69, 9.17) is 0 Å². The molecule has 1 atom stereocenters. The first-order valence-corrected chi connectivity index (χ1v) is 7.33. The maximum Gasteiger partial charge on any atom is 0.230 e. The van der Waals surface area contributed by atoms with Crippen LogP contribution < -0.4 is 16.0 Å². The van der Waals surface area contributed by atoms with Crippen molar-refractivity contribution in [2.24, 2.45) is 5.92 Å². The summed E-state index contributed by atoms with van der Waals surface area (Å²) in [6.07, 6.45) is 1.04. The monoisotopic (exact) mass is 290 g/mol. The van der Waals surface area contributed by atoms with E-state index in [1.807, 2.05) is 0 Å². The maximum atomic E-state index is 12.1. The summed E-state index contributed by atoms with van der Waals surface area (Å²) in [5.41, 5.74) is 1.63. The minimum Gasteiger partial charge on any atom is -0.355 e. The normalized spacial score (nSPS) is 20.9. The first kappa shape index (κ1) is 13.1. The predicted octanol–water partition coefficient (Wildman–Crippen LogP) is 0.340. The van der Waals surface area contributed by atoms with Gasteiger partial charge in [-0.3, -0.25) is 9.59 Å². The molecule has 7 heteroatoms. The average molecular weight is 290 g/mol. The maximum absolute atomic E-state index is 12.1. The SMILES string of the molecule is N#Cc1c(NC(=O)C2CNC(=O)C2)sc2c1CCNC2. The lowest BCUT2D eigenvalue weighted by molar-refractivity contribution is -0.123. The Morgan fingerprint density at radius 3 is 3.05 bits per heavy atom.